The van der Waals surface area contributed by atoms with Crippen LogP contribution in [0.2, 0.25) is 10.0 Å². The number of Topliss-reactive ketones (excluding diaryl/α,β-unsaturated/α-hetero) is 1. The summed E-state index contributed by atoms with van der Waals surface area (Å²) in [6, 6.07) is 20.0. The van der Waals surface area contributed by atoms with Crippen LogP contribution < -0.4 is 5.43 Å². The molecule has 0 atom stereocenters. The van der Waals surface area contributed by atoms with Crippen molar-refractivity contribution in [1.29, 1.82) is 0 Å². The van der Waals surface area contributed by atoms with E-state index in [0.29, 0.717) is 15.7 Å². The van der Waals surface area contributed by atoms with Crippen LogP contribution >= 0.6 is 23.2 Å². The smallest absolute Gasteiger partial charge is 0.229 e. The highest BCUT2D eigenvalue weighted by atomic mass is 35.5. The van der Waals surface area contributed by atoms with E-state index in [1.807, 2.05) is 0 Å². The van der Waals surface area contributed by atoms with Crippen molar-refractivity contribution in [3.8, 4) is 0 Å². The zero-order valence-corrected chi connectivity index (χ0v) is 16.7. The number of rotatable bonds is 5. The van der Waals surface area contributed by atoms with Crippen molar-refractivity contribution in [2.75, 3.05) is 5.43 Å². The number of carbonyl (C=O) groups is 1. The summed E-state index contributed by atoms with van der Waals surface area (Å²) >= 11 is 11.7. The monoisotopic (exact) mass is 432 g/mol. The van der Waals surface area contributed by atoms with Gasteiger partial charge in [0.25, 0.3) is 0 Å². The van der Waals surface area contributed by atoms with Crippen LogP contribution in [0.5, 0.6) is 0 Å². The number of hydrogen-bond acceptors (Lipinski definition) is 5. The third kappa shape index (κ3) is 4.59. The number of halogens is 2. The van der Waals surface area contributed by atoms with E-state index in [-0.39, 0.29) is 10.5 Å². The maximum atomic E-state index is 13.1. The summed E-state index contributed by atoms with van der Waals surface area (Å²) in [5, 5.41) is 4.24. The molecule has 0 spiro atoms. The van der Waals surface area contributed by atoms with Gasteiger partial charge in [0.1, 0.15) is 0 Å². The Bertz CT molecular complexity index is 1110. The molecule has 28 heavy (non-hydrogen) atoms. The van der Waals surface area contributed by atoms with Crippen LogP contribution in [0.4, 0.5) is 5.69 Å². The Labute approximate surface area is 172 Å². The van der Waals surface area contributed by atoms with Gasteiger partial charge in [-0.25, -0.2) is 8.42 Å². The molecule has 3 rings (SSSR count). The second kappa shape index (κ2) is 8.56. The first-order valence-corrected chi connectivity index (χ1v) is 10.3. The van der Waals surface area contributed by atoms with Gasteiger partial charge in [-0.2, -0.15) is 5.10 Å². The van der Waals surface area contributed by atoms with E-state index in [1.54, 1.807) is 42.5 Å². The Kier molecular flexibility index (Phi) is 6.14. The maximum absolute atomic E-state index is 13.1. The van der Waals surface area contributed by atoms with Crippen molar-refractivity contribution >= 4 is 49.6 Å². The molecule has 3 aromatic rings. The zero-order chi connectivity index (χ0) is 20.1. The van der Waals surface area contributed by atoms with E-state index in [9.17, 15) is 13.2 Å². The molecule has 5 nitrogen and oxygen atoms in total. The van der Waals surface area contributed by atoms with E-state index in [4.69, 9.17) is 23.2 Å². The number of benzene rings is 3. The fourth-order valence-corrected chi connectivity index (χ4v) is 3.83. The summed E-state index contributed by atoms with van der Waals surface area (Å²) < 4.78 is 26.1. The van der Waals surface area contributed by atoms with Crippen molar-refractivity contribution in [2.45, 2.75) is 4.90 Å². The second-order valence-electron chi connectivity index (χ2n) is 5.69. The molecule has 0 aliphatic carbocycles. The molecule has 0 amide bonds. The third-order valence-electron chi connectivity index (χ3n) is 3.74. The highest BCUT2D eigenvalue weighted by Crippen LogP contribution is 2.19. The molecule has 142 valence electrons. The van der Waals surface area contributed by atoms with Crippen molar-refractivity contribution in [1.82, 2.24) is 0 Å². The molecule has 8 heteroatoms. The van der Waals surface area contributed by atoms with Gasteiger partial charge in [-0.1, -0.05) is 41.4 Å². The van der Waals surface area contributed by atoms with Gasteiger partial charge in [0, 0.05) is 15.6 Å². The van der Waals surface area contributed by atoms with Gasteiger partial charge in [-0.05, 0) is 60.7 Å². The Morgan fingerprint density at radius 2 is 1.32 bits per heavy atom. The fourth-order valence-electron chi connectivity index (χ4n) is 2.31. The van der Waals surface area contributed by atoms with E-state index >= 15 is 0 Å². The summed E-state index contributed by atoms with van der Waals surface area (Å²) in [4.78, 5) is 12.9. The summed E-state index contributed by atoms with van der Waals surface area (Å²) in [5.41, 5.74) is 3.25. The van der Waals surface area contributed by atoms with E-state index < -0.39 is 20.7 Å². The molecular formula is C20H14Cl2N2O3S. The van der Waals surface area contributed by atoms with Gasteiger partial charge < -0.3 is 0 Å². The average molecular weight is 433 g/mol. The lowest BCUT2D eigenvalue weighted by atomic mass is 10.1. The van der Waals surface area contributed by atoms with Crippen molar-refractivity contribution in [2.24, 2.45) is 5.10 Å². The number of carbonyl (C=O) groups excluding carboxylic acids is 1. The fraction of sp³-hybridized carbons (Fsp3) is 0. The molecule has 0 saturated carbocycles. The Hall–Kier alpha value is -2.67. The van der Waals surface area contributed by atoms with Gasteiger partial charge in [-0.15, -0.1) is 0 Å². The van der Waals surface area contributed by atoms with Crippen LogP contribution in [-0.4, -0.2) is 19.2 Å². The Morgan fingerprint density at radius 1 is 0.786 bits per heavy atom. The predicted octanol–water partition coefficient (Wildman–Crippen LogP) is 5.08. The molecule has 0 aliphatic rings. The quantitative estimate of drug-likeness (QED) is 0.264. The molecule has 0 unspecified atom stereocenters. The molecule has 0 heterocycles. The summed E-state index contributed by atoms with van der Waals surface area (Å²) in [5.74, 6) is -0.748. The first kappa shape index (κ1) is 20.1. The Balaban J connectivity index is 2.05. The van der Waals surface area contributed by atoms with E-state index in [0.717, 1.165) is 0 Å². The standard InChI is InChI=1S/C20H14Cl2N2O3S/c21-15-8-6-14(7-9-15)19(25)20(24-23-17-12-10-16(22)11-13-17)28(26,27)18-4-2-1-3-5-18/h1-13,23H/b24-20+. The van der Waals surface area contributed by atoms with Crippen LogP contribution in [0, 0.1) is 0 Å². The highest BCUT2D eigenvalue weighted by Gasteiger charge is 2.30. The molecule has 0 saturated heterocycles. The highest BCUT2D eigenvalue weighted by molar-refractivity contribution is 8.08. The maximum Gasteiger partial charge on any atom is 0.229 e. The molecule has 0 bridgehead atoms. The van der Waals surface area contributed by atoms with Crippen molar-refractivity contribution in [3.63, 3.8) is 0 Å². The summed E-state index contributed by atoms with van der Waals surface area (Å²) in [7, 11) is -4.16. The largest absolute Gasteiger partial charge is 0.286 e. The lowest BCUT2D eigenvalue weighted by Gasteiger charge is -2.09. The molecule has 0 fully saturated rings. The number of nitrogens with zero attached hydrogens (tertiary/aromatic N) is 1. The minimum Gasteiger partial charge on any atom is -0.286 e. The van der Waals surface area contributed by atoms with Gasteiger partial charge >= 0.3 is 0 Å². The minimum absolute atomic E-state index is 0.0334. The lowest BCUT2D eigenvalue weighted by Crippen LogP contribution is -2.26. The normalized spacial score (nSPS) is 11.9. The molecule has 0 radical (unpaired) electrons. The molecule has 3 aromatic carbocycles. The van der Waals surface area contributed by atoms with Crippen LogP contribution in [0.3, 0.4) is 0 Å². The predicted molar refractivity (Wildman–Crippen MR) is 112 cm³/mol. The first-order chi connectivity index (χ1) is 13.4. The number of sulfone groups is 1. The minimum atomic E-state index is -4.16. The topological polar surface area (TPSA) is 75.6 Å². The molecule has 0 aliphatic heterocycles. The van der Waals surface area contributed by atoms with Crippen molar-refractivity contribution < 1.29 is 13.2 Å². The van der Waals surface area contributed by atoms with Gasteiger partial charge in [0.05, 0.1) is 10.6 Å². The van der Waals surface area contributed by atoms with Crippen LogP contribution in [0.25, 0.3) is 0 Å². The number of anilines is 1. The number of hydrazone groups is 1. The van der Waals surface area contributed by atoms with Crippen molar-refractivity contribution in [3.05, 3.63) is 94.5 Å². The first-order valence-electron chi connectivity index (χ1n) is 8.07. The van der Waals surface area contributed by atoms with Gasteiger partial charge in [-0.3, -0.25) is 10.2 Å². The van der Waals surface area contributed by atoms with E-state index in [1.165, 1.54) is 36.4 Å². The van der Waals surface area contributed by atoms with Crippen LogP contribution in [0.1, 0.15) is 10.4 Å². The second-order valence-corrected chi connectivity index (χ2v) is 8.43. The molecule has 1 N–H and O–H groups in total. The summed E-state index contributed by atoms with van der Waals surface area (Å²) in [6.45, 7) is 0. The number of hydrogen-bond donors (Lipinski definition) is 1. The van der Waals surface area contributed by atoms with Gasteiger partial charge in [0.15, 0.2) is 0 Å². The molecular weight excluding hydrogens is 419 g/mol. The summed E-state index contributed by atoms with van der Waals surface area (Å²) in [6.07, 6.45) is 0. The SMILES string of the molecule is O=C(/C(=N\Nc1ccc(Cl)cc1)S(=O)(=O)c1ccccc1)c1ccc(Cl)cc1. The Morgan fingerprint density at radius 3 is 1.89 bits per heavy atom. The average Bonchev–Trinajstić information content (AvgIpc) is 2.70. The molecule has 0 aromatic heterocycles. The third-order valence-corrected chi connectivity index (χ3v) is 5.92. The van der Waals surface area contributed by atoms with Gasteiger partial charge in [0.2, 0.25) is 20.7 Å². The zero-order valence-electron chi connectivity index (χ0n) is 14.3. The number of ketones is 1. The van der Waals surface area contributed by atoms with Crippen LogP contribution in [0.15, 0.2) is 88.9 Å². The van der Waals surface area contributed by atoms with E-state index in [2.05, 4.69) is 10.5 Å². The number of nitrogens with one attached hydrogen (secondary N) is 1. The van der Waals surface area contributed by atoms with Crippen LogP contribution in [-0.2, 0) is 9.84 Å². The lowest BCUT2D eigenvalue weighted by molar-refractivity contribution is 0.106.